The molecule has 0 bridgehead atoms. The molecule has 3 heterocycles. The van der Waals surface area contributed by atoms with Crippen molar-refractivity contribution >= 4 is 23.3 Å². The van der Waals surface area contributed by atoms with Gasteiger partial charge in [0.1, 0.15) is 5.82 Å². The minimum atomic E-state index is -0.00445. The zero-order valence-electron chi connectivity index (χ0n) is 16.9. The van der Waals surface area contributed by atoms with Crippen molar-refractivity contribution in [1.29, 1.82) is 0 Å². The van der Waals surface area contributed by atoms with E-state index in [2.05, 4.69) is 21.3 Å². The van der Waals surface area contributed by atoms with Gasteiger partial charge in [-0.2, -0.15) is 0 Å². The summed E-state index contributed by atoms with van der Waals surface area (Å²) in [6, 6.07) is 11.9. The molecule has 1 N–H and O–H groups in total. The summed E-state index contributed by atoms with van der Waals surface area (Å²) in [5, 5.41) is 3.13. The molecule has 6 heteroatoms. The van der Waals surface area contributed by atoms with Crippen LogP contribution < -0.4 is 15.1 Å². The largest absolute Gasteiger partial charge is 0.354 e. The summed E-state index contributed by atoms with van der Waals surface area (Å²) in [4.78, 5) is 34.0. The Morgan fingerprint density at radius 1 is 1.17 bits per heavy atom. The zero-order chi connectivity index (χ0) is 20.2. The minimum absolute atomic E-state index is 0.00445. The summed E-state index contributed by atoms with van der Waals surface area (Å²) in [6.07, 6.45) is 5.95. The van der Waals surface area contributed by atoms with Gasteiger partial charge in [-0.15, -0.1) is 0 Å². The lowest BCUT2D eigenvalue weighted by Gasteiger charge is -2.35. The van der Waals surface area contributed by atoms with Crippen molar-refractivity contribution in [1.82, 2.24) is 10.3 Å². The predicted octanol–water partition coefficient (Wildman–Crippen LogP) is 3.17. The molecule has 0 spiro atoms. The molecular formula is C23H28N4O2. The third-order valence-corrected chi connectivity index (χ3v) is 5.71. The second kappa shape index (κ2) is 8.64. The van der Waals surface area contributed by atoms with Gasteiger partial charge in [0.2, 0.25) is 5.91 Å². The maximum atomic E-state index is 13.4. The first-order chi connectivity index (χ1) is 14.2. The first-order valence-electron chi connectivity index (χ1n) is 10.6. The van der Waals surface area contributed by atoms with Crippen LogP contribution in [0.5, 0.6) is 0 Å². The first kappa shape index (κ1) is 19.4. The highest BCUT2D eigenvalue weighted by atomic mass is 16.2. The van der Waals surface area contributed by atoms with Gasteiger partial charge in [0, 0.05) is 44.0 Å². The van der Waals surface area contributed by atoms with E-state index in [9.17, 15) is 9.59 Å². The number of amides is 2. The Morgan fingerprint density at radius 3 is 2.90 bits per heavy atom. The topological polar surface area (TPSA) is 65.5 Å². The summed E-state index contributed by atoms with van der Waals surface area (Å²) >= 11 is 0. The Kier molecular flexibility index (Phi) is 5.79. The fraction of sp³-hybridized carbons (Fsp3) is 0.435. The smallest absolute Gasteiger partial charge is 0.262 e. The highest BCUT2D eigenvalue weighted by Gasteiger charge is 2.30. The van der Waals surface area contributed by atoms with Gasteiger partial charge < -0.3 is 15.1 Å². The molecule has 1 fully saturated rings. The van der Waals surface area contributed by atoms with E-state index >= 15 is 0 Å². The second-order valence-electron chi connectivity index (χ2n) is 7.81. The molecule has 1 unspecified atom stereocenters. The van der Waals surface area contributed by atoms with Crippen LogP contribution in [0.4, 0.5) is 11.5 Å². The number of hydrogen-bond donors (Lipinski definition) is 1. The SMILES string of the molecule is CCCC(=O)NC1CCCN(c2ncccc2C(=O)N2CCc3ccccc32)C1. The van der Waals surface area contributed by atoms with Gasteiger partial charge in [-0.1, -0.05) is 25.1 Å². The van der Waals surface area contributed by atoms with Crippen LogP contribution in [0.1, 0.15) is 48.5 Å². The molecule has 29 heavy (non-hydrogen) atoms. The number of pyridine rings is 1. The van der Waals surface area contributed by atoms with E-state index in [0.717, 1.165) is 43.7 Å². The number of benzene rings is 1. The Labute approximate surface area is 171 Å². The monoisotopic (exact) mass is 392 g/mol. The number of anilines is 2. The molecule has 0 aliphatic carbocycles. The summed E-state index contributed by atoms with van der Waals surface area (Å²) in [7, 11) is 0. The number of fused-ring (bicyclic) bond motifs is 1. The Hall–Kier alpha value is -2.89. The average Bonchev–Trinajstić information content (AvgIpc) is 3.18. The van der Waals surface area contributed by atoms with E-state index < -0.39 is 0 Å². The summed E-state index contributed by atoms with van der Waals surface area (Å²) in [5.41, 5.74) is 2.84. The number of hydrogen-bond acceptors (Lipinski definition) is 4. The van der Waals surface area contributed by atoms with E-state index in [1.165, 1.54) is 5.56 Å². The molecule has 2 amide bonds. The van der Waals surface area contributed by atoms with Crippen LogP contribution in [0.3, 0.4) is 0 Å². The Balaban J connectivity index is 1.54. The number of rotatable bonds is 5. The van der Waals surface area contributed by atoms with Gasteiger partial charge in [0.25, 0.3) is 5.91 Å². The molecule has 1 aromatic carbocycles. The van der Waals surface area contributed by atoms with Gasteiger partial charge in [-0.3, -0.25) is 9.59 Å². The minimum Gasteiger partial charge on any atom is -0.354 e. The van der Waals surface area contributed by atoms with E-state index in [4.69, 9.17) is 0 Å². The third-order valence-electron chi connectivity index (χ3n) is 5.71. The number of piperidine rings is 1. The van der Waals surface area contributed by atoms with Crippen LogP contribution in [-0.2, 0) is 11.2 Å². The summed E-state index contributed by atoms with van der Waals surface area (Å²) < 4.78 is 0. The van der Waals surface area contributed by atoms with E-state index in [1.54, 1.807) is 6.20 Å². The van der Waals surface area contributed by atoms with Crippen LogP contribution in [0.2, 0.25) is 0 Å². The quantitative estimate of drug-likeness (QED) is 0.849. The predicted molar refractivity (Wildman–Crippen MR) is 114 cm³/mol. The number of nitrogens with one attached hydrogen (secondary N) is 1. The molecule has 2 aliphatic rings. The third kappa shape index (κ3) is 4.11. The number of aromatic nitrogens is 1. The molecule has 6 nitrogen and oxygen atoms in total. The van der Waals surface area contributed by atoms with Crippen LogP contribution >= 0.6 is 0 Å². The van der Waals surface area contributed by atoms with Gasteiger partial charge in [-0.25, -0.2) is 4.98 Å². The van der Waals surface area contributed by atoms with Gasteiger partial charge in [0.15, 0.2) is 0 Å². The number of carbonyl (C=O) groups excluding carboxylic acids is 2. The highest BCUT2D eigenvalue weighted by Crippen LogP contribution is 2.31. The molecule has 152 valence electrons. The maximum absolute atomic E-state index is 13.4. The lowest BCUT2D eigenvalue weighted by molar-refractivity contribution is -0.121. The Morgan fingerprint density at radius 2 is 2.03 bits per heavy atom. The number of nitrogens with zero attached hydrogens (tertiary/aromatic N) is 3. The fourth-order valence-corrected chi connectivity index (χ4v) is 4.32. The molecule has 4 rings (SSSR count). The molecule has 1 aromatic heterocycles. The van der Waals surface area contributed by atoms with Crippen molar-refractivity contribution in [2.75, 3.05) is 29.4 Å². The van der Waals surface area contributed by atoms with Crippen molar-refractivity contribution in [2.45, 2.75) is 45.1 Å². The lowest BCUT2D eigenvalue weighted by atomic mass is 10.0. The van der Waals surface area contributed by atoms with Crippen molar-refractivity contribution in [3.63, 3.8) is 0 Å². The van der Waals surface area contributed by atoms with E-state index in [-0.39, 0.29) is 17.9 Å². The molecular weight excluding hydrogens is 364 g/mol. The number of para-hydroxylation sites is 1. The van der Waals surface area contributed by atoms with Gasteiger partial charge >= 0.3 is 0 Å². The van der Waals surface area contributed by atoms with E-state index in [1.807, 2.05) is 42.2 Å². The molecule has 1 atom stereocenters. The zero-order valence-corrected chi connectivity index (χ0v) is 16.9. The molecule has 2 aliphatic heterocycles. The number of carbonyl (C=O) groups is 2. The highest BCUT2D eigenvalue weighted by molar-refractivity contribution is 6.10. The first-order valence-corrected chi connectivity index (χ1v) is 10.6. The Bertz CT molecular complexity index is 898. The van der Waals surface area contributed by atoms with Crippen LogP contribution in [-0.4, -0.2) is 42.5 Å². The van der Waals surface area contributed by atoms with Crippen LogP contribution in [0.15, 0.2) is 42.6 Å². The lowest BCUT2D eigenvalue weighted by Crippen LogP contribution is -2.48. The fourth-order valence-electron chi connectivity index (χ4n) is 4.32. The second-order valence-corrected chi connectivity index (χ2v) is 7.81. The van der Waals surface area contributed by atoms with Crippen LogP contribution in [0.25, 0.3) is 0 Å². The standard InChI is InChI=1S/C23H28N4O2/c1-2-7-21(28)25-18-9-6-14-26(16-18)22-19(10-5-13-24-22)23(29)27-15-12-17-8-3-4-11-20(17)27/h3-5,8,10-11,13,18H,2,6-7,9,12,14-16H2,1H3,(H,25,28). The van der Waals surface area contributed by atoms with Crippen molar-refractivity contribution in [3.8, 4) is 0 Å². The maximum Gasteiger partial charge on any atom is 0.262 e. The van der Waals surface area contributed by atoms with E-state index in [0.29, 0.717) is 25.1 Å². The molecule has 0 saturated carbocycles. The summed E-state index contributed by atoms with van der Waals surface area (Å²) in [5.74, 6) is 0.817. The van der Waals surface area contributed by atoms with Crippen molar-refractivity contribution in [3.05, 3.63) is 53.7 Å². The van der Waals surface area contributed by atoms with Gasteiger partial charge in [-0.05, 0) is 49.4 Å². The normalized spacial score (nSPS) is 18.4. The van der Waals surface area contributed by atoms with Crippen molar-refractivity contribution in [2.24, 2.45) is 0 Å². The van der Waals surface area contributed by atoms with Gasteiger partial charge in [0.05, 0.1) is 5.56 Å². The molecule has 2 aromatic rings. The summed E-state index contributed by atoms with van der Waals surface area (Å²) in [6.45, 7) is 4.23. The molecule has 0 radical (unpaired) electrons. The van der Waals surface area contributed by atoms with Crippen molar-refractivity contribution < 1.29 is 9.59 Å². The molecule has 1 saturated heterocycles. The average molecular weight is 393 g/mol. The van der Waals surface area contributed by atoms with Crippen LogP contribution in [0, 0.1) is 0 Å².